The van der Waals surface area contributed by atoms with Crippen LogP contribution in [0.15, 0.2) is 164 Å². The molecule has 1 aromatic heterocycles. The number of methoxy groups -OCH3 is 2. The molecule has 222 valence electrons. The van der Waals surface area contributed by atoms with E-state index in [0.717, 1.165) is 56.1 Å². The summed E-state index contributed by atoms with van der Waals surface area (Å²) in [6, 6.07) is 55.1. The summed E-state index contributed by atoms with van der Waals surface area (Å²) < 4.78 is 11.2. The van der Waals surface area contributed by atoms with Crippen LogP contribution in [0.1, 0.15) is 0 Å². The number of benzene rings is 6. The summed E-state index contributed by atoms with van der Waals surface area (Å²) in [4.78, 5) is 4.96. The molecule has 6 aromatic carbocycles. The van der Waals surface area contributed by atoms with Crippen LogP contribution in [0.3, 0.4) is 0 Å². The van der Waals surface area contributed by atoms with Crippen molar-refractivity contribution in [2.75, 3.05) is 14.2 Å². The first kappa shape index (κ1) is 28.8. The predicted molar refractivity (Wildman–Crippen MR) is 190 cm³/mol. The van der Waals surface area contributed by atoms with Crippen molar-refractivity contribution in [2.24, 2.45) is 0 Å². The number of hydrogen-bond acceptors (Lipinski definition) is 3. The van der Waals surface area contributed by atoms with E-state index in [2.05, 4.69) is 115 Å². The van der Waals surface area contributed by atoms with Crippen molar-refractivity contribution in [3.8, 4) is 78.4 Å². The molecular weight excluding hydrogens is 562 g/mol. The molecule has 46 heavy (non-hydrogen) atoms. The lowest BCUT2D eigenvalue weighted by Crippen LogP contribution is -1.94. The average molecular weight is 596 g/mol. The van der Waals surface area contributed by atoms with Crippen molar-refractivity contribution in [3.63, 3.8) is 0 Å². The second-order valence-corrected chi connectivity index (χ2v) is 11.1. The largest absolute Gasteiger partial charge is 0.497 e. The van der Waals surface area contributed by atoms with Crippen LogP contribution in [-0.2, 0) is 0 Å². The molecular formula is C43H33NO2. The van der Waals surface area contributed by atoms with Gasteiger partial charge in [0.15, 0.2) is 0 Å². The van der Waals surface area contributed by atoms with Crippen molar-refractivity contribution in [2.45, 2.75) is 0 Å². The molecule has 3 heteroatoms. The summed E-state index contributed by atoms with van der Waals surface area (Å²) in [5, 5.41) is 0. The molecule has 0 saturated heterocycles. The Balaban J connectivity index is 1.32. The van der Waals surface area contributed by atoms with Gasteiger partial charge in [0, 0.05) is 23.4 Å². The van der Waals surface area contributed by atoms with Crippen molar-refractivity contribution < 1.29 is 9.47 Å². The maximum absolute atomic E-state index is 5.61. The van der Waals surface area contributed by atoms with E-state index in [-0.39, 0.29) is 0 Å². The van der Waals surface area contributed by atoms with Crippen LogP contribution in [0.5, 0.6) is 11.5 Å². The molecule has 0 saturated carbocycles. The van der Waals surface area contributed by atoms with Crippen LogP contribution in [0.2, 0.25) is 0 Å². The standard InChI is InChI=1S/C43H33NO2/c1-45-37-25-36(26-38(27-37)46-2)39-15-9-10-16-40(39)42-29-44-43(35-13-7-4-8-14-35)28-41(42)34-23-21-33(22-24-34)32-19-17-31(18-20-32)30-11-5-3-6-12-30/h3-29H,1-2H3. The number of pyridine rings is 1. The zero-order valence-corrected chi connectivity index (χ0v) is 25.9. The van der Waals surface area contributed by atoms with Gasteiger partial charge in [-0.15, -0.1) is 0 Å². The average Bonchev–Trinajstić information content (AvgIpc) is 3.15. The molecule has 0 fully saturated rings. The molecule has 0 bridgehead atoms. The minimum Gasteiger partial charge on any atom is -0.497 e. The highest BCUT2D eigenvalue weighted by Gasteiger charge is 2.16. The van der Waals surface area contributed by atoms with Crippen LogP contribution in [0.4, 0.5) is 0 Å². The van der Waals surface area contributed by atoms with Crippen LogP contribution in [0, 0.1) is 0 Å². The van der Waals surface area contributed by atoms with Gasteiger partial charge in [0.05, 0.1) is 19.9 Å². The van der Waals surface area contributed by atoms with Gasteiger partial charge in [0.2, 0.25) is 0 Å². The topological polar surface area (TPSA) is 31.4 Å². The quantitative estimate of drug-likeness (QED) is 0.175. The minimum atomic E-state index is 0.745. The third-order valence-electron chi connectivity index (χ3n) is 8.37. The van der Waals surface area contributed by atoms with Gasteiger partial charge < -0.3 is 9.47 Å². The van der Waals surface area contributed by atoms with Crippen LogP contribution in [0.25, 0.3) is 66.9 Å². The molecule has 0 amide bonds. The van der Waals surface area contributed by atoms with Crippen molar-refractivity contribution in [3.05, 3.63) is 164 Å². The molecule has 0 unspecified atom stereocenters. The smallest absolute Gasteiger partial charge is 0.123 e. The number of hydrogen-bond donors (Lipinski definition) is 0. The zero-order chi connectivity index (χ0) is 31.3. The van der Waals surface area contributed by atoms with Gasteiger partial charge >= 0.3 is 0 Å². The summed E-state index contributed by atoms with van der Waals surface area (Å²) in [7, 11) is 3.35. The molecule has 0 N–H and O–H groups in total. The van der Waals surface area contributed by atoms with E-state index in [4.69, 9.17) is 14.5 Å². The second kappa shape index (κ2) is 13.0. The zero-order valence-electron chi connectivity index (χ0n) is 25.9. The Kier molecular flexibility index (Phi) is 8.13. The van der Waals surface area contributed by atoms with Gasteiger partial charge in [0.1, 0.15) is 11.5 Å². The summed E-state index contributed by atoms with van der Waals surface area (Å²) in [6.45, 7) is 0. The molecule has 7 rings (SSSR count). The Labute approximate surface area is 270 Å². The molecule has 1 heterocycles. The van der Waals surface area contributed by atoms with Gasteiger partial charge in [-0.05, 0) is 68.3 Å². The summed E-state index contributed by atoms with van der Waals surface area (Å²) in [5.41, 5.74) is 13.3. The molecule has 0 aliphatic carbocycles. The van der Waals surface area contributed by atoms with E-state index in [1.54, 1.807) is 14.2 Å². The molecule has 0 radical (unpaired) electrons. The summed E-state index contributed by atoms with van der Waals surface area (Å²) >= 11 is 0. The predicted octanol–water partition coefficient (Wildman–Crippen LogP) is 11.1. The van der Waals surface area contributed by atoms with E-state index in [0.29, 0.717) is 0 Å². The first-order valence-corrected chi connectivity index (χ1v) is 15.3. The Morgan fingerprint density at radius 3 is 1.35 bits per heavy atom. The Morgan fingerprint density at radius 1 is 0.348 bits per heavy atom. The van der Waals surface area contributed by atoms with Crippen molar-refractivity contribution in [1.82, 2.24) is 4.98 Å². The fourth-order valence-electron chi connectivity index (χ4n) is 5.94. The maximum Gasteiger partial charge on any atom is 0.123 e. The fraction of sp³-hybridized carbons (Fsp3) is 0.0465. The van der Waals surface area contributed by atoms with E-state index in [1.165, 1.54) is 22.3 Å². The molecule has 0 atom stereocenters. The molecule has 0 spiro atoms. The molecule has 0 aliphatic rings. The lowest BCUT2D eigenvalue weighted by Gasteiger charge is -2.17. The van der Waals surface area contributed by atoms with Gasteiger partial charge in [-0.1, -0.05) is 133 Å². The molecule has 3 nitrogen and oxygen atoms in total. The SMILES string of the molecule is COc1cc(OC)cc(-c2ccccc2-c2cnc(-c3ccccc3)cc2-c2ccc(-c3ccc(-c4ccccc4)cc3)cc2)c1. The fourth-order valence-corrected chi connectivity index (χ4v) is 5.94. The highest BCUT2D eigenvalue weighted by Crippen LogP contribution is 2.41. The van der Waals surface area contributed by atoms with E-state index in [9.17, 15) is 0 Å². The third-order valence-corrected chi connectivity index (χ3v) is 8.37. The Bertz CT molecular complexity index is 2060. The highest BCUT2D eigenvalue weighted by molar-refractivity contribution is 5.93. The third kappa shape index (κ3) is 5.91. The van der Waals surface area contributed by atoms with E-state index >= 15 is 0 Å². The monoisotopic (exact) mass is 595 g/mol. The van der Waals surface area contributed by atoms with E-state index in [1.807, 2.05) is 48.7 Å². The number of ether oxygens (including phenoxy) is 2. The van der Waals surface area contributed by atoms with Gasteiger partial charge in [-0.2, -0.15) is 0 Å². The Hall–Kier alpha value is -5.93. The number of nitrogens with zero attached hydrogens (tertiary/aromatic N) is 1. The van der Waals surface area contributed by atoms with E-state index < -0.39 is 0 Å². The van der Waals surface area contributed by atoms with Gasteiger partial charge in [-0.25, -0.2) is 0 Å². The van der Waals surface area contributed by atoms with Gasteiger partial charge in [-0.3, -0.25) is 4.98 Å². The number of rotatable bonds is 8. The minimum absolute atomic E-state index is 0.745. The first-order valence-electron chi connectivity index (χ1n) is 15.3. The summed E-state index contributed by atoms with van der Waals surface area (Å²) in [6.07, 6.45) is 2.00. The lowest BCUT2D eigenvalue weighted by atomic mass is 9.89. The maximum atomic E-state index is 5.61. The van der Waals surface area contributed by atoms with Crippen LogP contribution in [-0.4, -0.2) is 19.2 Å². The second-order valence-electron chi connectivity index (χ2n) is 11.1. The summed E-state index contributed by atoms with van der Waals surface area (Å²) in [5.74, 6) is 1.49. The number of aromatic nitrogens is 1. The van der Waals surface area contributed by atoms with Crippen LogP contribution >= 0.6 is 0 Å². The normalized spacial score (nSPS) is 10.8. The highest BCUT2D eigenvalue weighted by atomic mass is 16.5. The van der Waals surface area contributed by atoms with Crippen molar-refractivity contribution >= 4 is 0 Å². The molecule has 0 aliphatic heterocycles. The lowest BCUT2D eigenvalue weighted by molar-refractivity contribution is 0.394. The molecule has 7 aromatic rings. The van der Waals surface area contributed by atoms with Crippen molar-refractivity contribution in [1.29, 1.82) is 0 Å². The Morgan fingerprint density at radius 2 is 0.804 bits per heavy atom. The first-order chi connectivity index (χ1) is 22.7. The van der Waals surface area contributed by atoms with Gasteiger partial charge in [0.25, 0.3) is 0 Å². The van der Waals surface area contributed by atoms with Crippen LogP contribution < -0.4 is 9.47 Å².